The van der Waals surface area contributed by atoms with E-state index in [-0.39, 0.29) is 18.7 Å². The molecule has 0 fully saturated rings. The number of carbonyl (C=O) groups excluding carboxylic acids is 1. The number of imidazole rings is 1. The smallest absolute Gasteiger partial charge is 0.296 e. The van der Waals surface area contributed by atoms with E-state index in [1.807, 2.05) is 25.1 Å². The van der Waals surface area contributed by atoms with Crippen LogP contribution in [0.1, 0.15) is 19.8 Å². The third-order valence-electron chi connectivity index (χ3n) is 4.31. The van der Waals surface area contributed by atoms with Gasteiger partial charge in [0.1, 0.15) is 0 Å². The zero-order chi connectivity index (χ0) is 20.3. The number of hydrogen-bond acceptors (Lipinski definition) is 3. The Kier molecular flexibility index (Phi) is 5.72. The minimum Gasteiger partial charge on any atom is -0.296 e. The molecule has 0 aliphatic heterocycles. The van der Waals surface area contributed by atoms with E-state index in [4.69, 9.17) is 0 Å². The monoisotopic (exact) mass is 392 g/mol. The second kappa shape index (κ2) is 8.20. The Morgan fingerprint density at radius 3 is 2.25 bits per heavy atom. The SMILES string of the molecule is CCCn1c(=O)n(CCC(=O)NNc2ccc(F)c(F)c2F)c2ccccc21. The summed E-state index contributed by atoms with van der Waals surface area (Å²) in [6, 6.07) is 9.01. The number of nitrogens with zero attached hydrogens (tertiary/aromatic N) is 2. The summed E-state index contributed by atoms with van der Waals surface area (Å²) in [5, 5.41) is 0. The molecule has 0 saturated carbocycles. The number of halogens is 3. The van der Waals surface area contributed by atoms with Gasteiger partial charge in [-0.3, -0.25) is 24.8 Å². The van der Waals surface area contributed by atoms with Gasteiger partial charge in [0.25, 0.3) is 0 Å². The van der Waals surface area contributed by atoms with E-state index in [9.17, 15) is 22.8 Å². The van der Waals surface area contributed by atoms with Crippen LogP contribution in [0, 0.1) is 17.5 Å². The standard InChI is InChI=1S/C19H19F3N4O2/c1-2-10-25-14-5-3-4-6-15(14)26(19(25)28)11-9-16(27)24-23-13-8-7-12(20)17(21)18(13)22/h3-8,23H,2,9-11H2,1H3,(H,24,27). The zero-order valence-electron chi connectivity index (χ0n) is 15.1. The number of nitrogens with one attached hydrogen (secondary N) is 2. The van der Waals surface area contributed by atoms with Crippen molar-refractivity contribution in [3.8, 4) is 0 Å². The molecule has 0 saturated heterocycles. The quantitative estimate of drug-likeness (QED) is 0.479. The summed E-state index contributed by atoms with van der Waals surface area (Å²) in [6.07, 6.45) is 0.719. The van der Waals surface area contributed by atoms with Gasteiger partial charge in [0.05, 0.1) is 16.7 Å². The number of aryl methyl sites for hydroxylation is 2. The van der Waals surface area contributed by atoms with Gasteiger partial charge in [0.15, 0.2) is 17.5 Å². The summed E-state index contributed by atoms with van der Waals surface area (Å²) in [7, 11) is 0. The lowest BCUT2D eigenvalue weighted by Gasteiger charge is -2.10. The van der Waals surface area contributed by atoms with Gasteiger partial charge in [-0.25, -0.2) is 18.0 Å². The van der Waals surface area contributed by atoms with Crippen molar-refractivity contribution < 1.29 is 18.0 Å². The topological polar surface area (TPSA) is 68.1 Å². The van der Waals surface area contributed by atoms with Crippen LogP contribution in [0.15, 0.2) is 41.2 Å². The minimum absolute atomic E-state index is 0.0711. The maximum atomic E-state index is 13.6. The van der Waals surface area contributed by atoms with Crippen molar-refractivity contribution in [3.63, 3.8) is 0 Å². The maximum Gasteiger partial charge on any atom is 0.329 e. The average Bonchev–Trinajstić information content (AvgIpc) is 2.96. The number of amides is 1. The Morgan fingerprint density at radius 1 is 0.964 bits per heavy atom. The van der Waals surface area contributed by atoms with Gasteiger partial charge in [-0.05, 0) is 30.7 Å². The fourth-order valence-electron chi connectivity index (χ4n) is 2.96. The highest BCUT2D eigenvalue weighted by Gasteiger charge is 2.15. The fraction of sp³-hybridized carbons (Fsp3) is 0.263. The number of hydrazine groups is 1. The Bertz CT molecular complexity index is 1070. The summed E-state index contributed by atoms with van der Waals surface area (Å²) in [4.78, 5) is 24.7. The molecule has 0 aliphatic carbocycles. The van der Waals surface area contributed by atoms with Gasteiger partial charge in [-0.1, -0.05) is 19.1 Å². The van der Waals surface area contributed by atoms with Crippen molar-refractivity contribution >= 4 is 22.6 Å². The number of para-hydroxylation sites is 2. The predicted octanol–water partition coefficient (Wildman–Crippen LogP) is 3.16. The highest BCUT2D eigenvalue weighted by Crippen LogP contribution is 2.19. The molecular formula is C19H19F3N4O2. The lowest BCUT2D eigenvalue weighted by Crippen LogP contribution is -2.32. The molecule has 0 aliphatic rings. The largest absolute Gasteiger partial charge is 0.329 e. The molecule has 9 heteroatoms. The molecule has 3 rings (SSSR count). The van der Waals surface area contributed by atoms with Gasteiger partial charge in [0.2, 0.25) is 5.91 Å². The Balaban J connectivity index is 1.69. The van der Waals surface area contributed by atoms with Gasteiger partial charge in [0, 0.05) is 19.5 Å². The summed E-state index contributed by atoms with van der Waals surface area (Å²) in [6.45, 7) is 2.65. The van der Waals surface area contributed by atoms with Crippen LogP contribution < -0.4 is 16.5 Å². The van der Waals surface area contributed by atoms with E-state index < -0.39 is 29.0 Å². The van der Waals surface area contributed by atoms with Crippen LogP contribution in [0.25, 0.3) is 11.0 Å². The first kappa shape index (κ1) is 19.5. The molecule has 28 heavy (non-hydrogen) atoms. The van der Waals surface area contributed by atoms with E-state index in [0.717, 1.165) is 24.1 Å². The molecule has 0 bridgehead atoms. The highest BCUT2D eigenvalue weighted by atomic mass is 19.2. The van der Waals surface area contributed by atoms with Crippen molar-refractivity contribution in [2.24, 2.45) is 0 Å². The minimum atomic E-state index is -1.63. The summed E-state index contributed by atoms with van der Waals surface area (Å²) in [5.74, 6) is -4.92. The molecule has 1 heterocycles. The number of benzene rings is 2. The number of anilines is 1. The van der Waals surface area contributed by atoms with Crippen molar-refractivity contribution in [3.05, 3.63) is 64.3 Å². The Hall–Kier alpha value is -3.23. The third kappa shape index (κ3) is 3.73. The lowest BCUT2D eigenvalue weighted by molar-refractivity contribution is -0.120. The van der Waals surface area contributed by atoms with Gasteiger partial charge in [-0.15, -0.1) is 0 Å². The summed E-state index contributed by atoms with van der Waals surface area (Å²) >= 11 is 0. The molecule has 148 valence electrons. The molecule has 1 aromatic heterocycles. The van der Waals surface area contributed by atoms with Crippen molar-refractivity contribution in [2.75, 3.05) is 5.43 Å². The van der Waals surface area contributed by atoms with E-state index in [1.54, 1.807) is 10.6 Å². The van der Waals surface area contributed by atoms with Crippen LogP contribution in [0.5, 0.6) is 0 Å². The van der Waals surface area contributed by atoms with Gasteiger partial charge < -0.3 is 0 Å². The van der Waals surface area contributed by atoms with Crippen LogP contribution in [-0.2, 0) is 17.9 Å². The normalized spacial score (nSPS) is 11.0. The molecule has 2 N–H and O–H groups in total. The third-order valence-corrected chi connectivity index (χ3v) is 4.31. The van der Waals surface area contributed by atoms with Crippen LogP contribution in [0.4, 0.5) is 18.9 Å². The average molecular weight is 392 g/mol. The number of rotatable bonds is 7. The van der Waals surface area contributed by atoms with Crippen LogP contribution in [0.2, 0.25) is 0 Å². The number of hydrogen-bond donors (Lipinski definition) is 2. The summed E-state index contributed by atoms with van der Waals surface area (Å²) in [5.41, 5.74) is 5.33. The molecule has 0 spiro atoms. The number of carbonyl (C=O) groups is 1. The second-order valence-corrected chi connectivity index (χ2v) is 6.22. The van der Waals surface area contributed by atoms with Crippen molar-refractivity contribution in [2.45, 2.75) is 32.9 Å². The van der Waals surface area contributed by atoms with Gasteiger partial charge in [-0.2, -0.15) is 0 Å². The molecule has 0 unspecified atom stereocenters. The van der Waals surface area contributed by atoms with E-state index >= 15 is 0 Å². The molecular weight excluding hydrogens is 373 g/mol. The molecule has 1 amide bonds. The first-order chi connectivity index (χ1) is 13.4. The van der Waals surface area contributed by atoms with E-state index in [2.05, 4.69) is 10.9 Å². The molecule has 0 atom stereocenters. The number of fused-ring (bicyclic) bond motifs is 1. The predicted molar refractivity (Wildman–Crippen MR) is 99.2 cm³/mol. The molecule has 3 aromatic rings. The Morgan fingerprint density at radius 2 is 1.61 bits per heavy atom. The van der Waals surface area contributed by atoms with Crippen LogP contribution in [0.3, 0.4) is 0 Å². The first-order valence-electron chi connectivity index (χ1n) is 8.80. The van der Waals surface area contributed by atoms with Crippen molar-refractivity contribution in [1.82, 2.24) is 14.6 Å². The van der Waals surface area contributed by atoms with Crippen molar-refractivity contribution in [1.29, 1.82) is 0 Å². The number of aromatic nitrogens is 2. The van der Waals surface area contributed by atoms with Crippen LogP contribution in [-0.4, -0.2) is 15.0 Å². The lowest BCUT2D eigenvalue weighted by atomic mass is 10.3. The Labute approximate surface area is 158 Å². The van der Waals surface area contributed by atoms with Crippen LogP contribution >= 0.6 is 0 Å². The highest BCUT2D eigenvalue weighted by molar-refractivity contribution is 5.78. The first-order valence-corrected chi connectivity index (χ1v) is 8.80. The maximum absolute atomic E-state index is 13.6. The van der Waals surface area contributed by atoms with Gasteiger partial charge >= 0.3 is 5.69 Å². The summed E-state index contributed by atoms with van der Waals surface area (Å²) < 4.78 is 42.9. The fourth-order valence-corrected chi connectivity index (χ4v) is 2.96. The molecule has 2 aromatic carbocycles. The van der Waals surface area contributed by atoms with E-state index in [0.29, 0.717) is 12.1 Å². The zero-order valence-corrected chi connectivity index (χ0v) is 15.1. The second-order valence-electron chi connectivity index (χ2n) is 6.22. The van der Waals surface area contributed by atoms with E-state index in [1.165, 1.54) is 4.57 Å². The molecule has 0 radical (unpaired) electrons. The molecule has 6 nitrogen and oxygen atoms in total.